The molecule has 0 saturated carbocycles. The number of urea groups is 1. The van der Waals surface area contributed by atoms with Crippen molar-refractivity contribution in [2.75, 3.05) is 13.1 Å². The van der Waals surface area contributed by atoms with Crippen molar-refractivity contribution >= 4 is 12.0 Å². The molecule has 0 aliphatic carbocycles. The second-order valence-corrected chi connectivity index (χ2v) is 5.10. The molecule has 1 heterocycles. The predicted octanol–water partition coefficient (Wildman–Crippen LogP) is 0.839. The van der Waals surface area contributed by atoms with Gasteiger partial charge in [-0.25, -0.2) is 4.79 Å². The van der Waals surface area contributed by atoms with E-state index in [1.54, 1.807) is 17.3 Å². The van der Waals surface area contributed by atoms with Crippen LogP contribution in [-0.2, 0) is 11.3 Å². The fourth-order valence-electron chi connectivity index (χ4n) is 1.80. The van der Waals surface area contributed by atoms with Crippen LogP contribution in [0.25, 0.3) is 0 Å². The molecular formula is C14H21N3O4. The monoisotopic (exact) mass is 295 g/mol. The van der Waals surface area contributed by atoms with Crippen LogP contribution in [-0.4, -0.2) is 50.8 Å². The van der Waals surface area contributed by atoms with Crippen LogP contribution in [0.4, 0.5) is 4.79 Å². The highest BCUT2D eigenvalue weighted by Gasteiger charge is 2.25. The van der Waals surface area contributed by atoms with Gasteiger partial charge in [0.2, 0.25) is 0 Å². The van der Waals surface area contributed by atoms with Crippen molar-refractivity contribution in [1.82, 2.24) is 15.2 Å². The number of nitrogens with zero attached hydrogens (tertiary/aromatic N) is 2. The van der Waals surface area contributed by atoms with E-state index in [0.29, 0.717) is 13.1 Å². The number of hydrogen-bond acceptors (Lipinski definition) is 4. The lowest BCUT2D eigenvalue weighted by atomic mass is 10.0. The van der Waals surface area contributed by atoms with E-state index in [9.17, 15) is 14.7 Å². The van der Waals surface area contributed by atoms with E-state index >= 15 is 0 Å². The van der Waals surface area contributed by atoms with Crippen molar-refractivity contribution in [3.8, 4) is 0 Å². The van der Waals surface area contributed by atoms with Crippen LogP contribution in [0.5, 0.6) is 0 Å². The molecule has 7 heteroatoms. The Bertz CT molecular complexity index is 476. The second-order valence-electron chi connectivity index (χ2n) is 5.10. The van der Waals surface area contributed by atoms with Crippen molar-refractivity contribution in [1.29, 1.82) is 0 Å². The van der Waals surface area contributed by atoms with Gasteiger partial charge in [-0.15, -0.1) is 0 Å². The molecule has 1 aromatic heterocycles. The Morgan fingerprint density at radius 3 is 2.52 bits per heavy atom. The Kier molecular flexibility index (Phi) is 6.10. The lowest BCUT2D eigenvalue weighted by Crippen LogP contribution is -2.47. The minimum Gasteiger partial charge on any atom is -0.481 e. The third kappa shape index (κ3) is 6.22. The summed E-state index contributed by atoms with van der Waals surface area (Å²) in [6.07, 6.45) is 2.88. The van der Waals surface area contributed by atoms with Gasteiger partial charge in [-0.2, -0.15) is 0 Å². The second kappa shape index (κ2) is 7.58. The molecule has 7 nitrogen and oxygen atoms in total. The Morgan fingerprint density at radius 1 is 1.38 bits per heavy atom. The van der Waals surface area contributed by atoms with E-state index in [1.165, 1.54) is 6.92 Å². The first kappa shape index (κ1) is 16.9. The predicted molar refractivity (Wildman–Crippen MR) is 76.6 cm³/mol. The zero-order valence-electron chi connectivity index (χ0n) is 12.2. The lowest BCUT2D eigenvalue weighted by Gasteiger charge is -2.26. The zero-order chi connectivity index (χ0) is 15.9. The Morgan fingerprint density at radius 2 is 2.00 bits per heavy atom. The van der Waals surface area contributed by atoms with Gasteiger partial charge in [0.05, 0.1) is 12.0 Å². The number of carboxylic acid groups (broad SMARTS) is 1. The molecule has 0 aromatic carbocycles. The van der Waals surface area contributed by atoms with Crippen molar-refractivity contribution in [2.45, 2.75) is 32.4 Å². The normalized spacial score (nSPS) is 13.3. The van der Waals surface area contributed by atoms with Crippen molar-refractivity contribution in [3.63, 3.8) is 0 Å². The minimum atomic E-state index is -1.47. The topological polar surface area (TPSA) is 103 Å². The number of pyridine rings is 1. The first-order valence-electron chi connectivity index (χ1n) is 6.70. The van der Waals surface area contributed by atoms with Gasteiger partial charge >= 0.3 is 12.0 Å². The number of carbonyl (C=O) groups excluding carboxylic acids is 1. The summed E-state index contributed by atoms with van der Waals surface area (Å²) < 4.78 is 0. The summed E-state index contributed by atoms with van der Waals surface area (Å²) in [6.45, 7) is 4.02. The summed E-state index contributed by atoms with van der Waals surface area (Å²) in [5.74, 6) is -1.11. The van der Waals surface area contributed by atoms with E-state index in [4.69, 9.17) is 5.11 Å². The molecule has 116 valence electrons. The summed E-state index contributed by atoms with van der Waals surface area (Å²) >= 11 is 0. The number of carbonyl (C=O) groups is 2. The molecule has 0 bridgehead atoms. The maximum atomic E-state index is 12.1. The number of carboxylic acids is 1. The lowest BCUT2D eigenvalue weighted by molar-refractivity contribution is -0.141. The molecule has 2 amide bonds. The average molecular weight is 295 g/mol. The van der Waals surface area contributed by atoms with Crippen molar-refractivity contribution in [2.24, 2.45) is 0 Å². The number of hydrogen-bond donors (Lipinski definition) is 3. The van der Waals surface area contributed by atoms with E-state index in [0.717, 1.165) is 5.56 Å². The number of aliphatic carboxylic acids is 1. The van der Waals surface area contributed by atoms with Crippen LogP contribution in [0.15, 0.2) is 24.5 Å². The van der Waals surface area contributed by atoms with Crippen molar-refractivity contribution < 1.29 is 19.8 Å². The quantitative estimate of drug-likeness (QED) is 0.691. The fourth-order valence-corrected chi connectivity index (χ4v) is 1.80. The van der Waals surface area contributed by atoms with Gasteiger partial charge in [0, 0.05) is 32.0 Å². The highest BCUT2D eigenvalue weighted by Crippen LogP contribution is 2.08. The maximum absolute atomic E-state index is 12.1. The van der Waals surface area contributed by atoms with E-state index in [2.05, 4.69) is 10.3 Å². The molecule has 1 unspecified atom stereocenters. The number of aliphatic hydroxyl groups is 1. The molecule has 1 rings (SSSR count). The van der Waals surface area contributed by atoms with E-state index in [-0.39, 0.29) is 12.6 Å². The van der Waals surface area contributed by atoms with Gasteiger partial charge in [0.25, 0.3) is 0 Å². The van der Waals surface area contributed by atoms with Crippen LogP contribution in [0.3, 0.4) is 0 Å². The van der Waals surface area contributed by atoms with Crippen molar-refractivity contribution in [3.05, 3.63) is 30.1 Å². The first-order chi connectivity index (χ1) is 9.84. The zero-order valence-corrected chi connectivity index (χ0v) is 12.2. The minimum absolute atomic E-state index is 0.120. The molecule has 0 aliphatic rings. The standard InChI is InChI=1S/C14H21N3O4/c1-3-17(9-11-4-6-15-7-5-11)13(20)16-10-14(2,21)8-12(18)19/h4-7,21H,3,8-10H2,1-2H3,(H,16,20)(H,18,19). The van der Waals surface area contributed by atoms with E-state index in [1.807, 2.05) is 19.1 Å². The molecule has 0 aliphatic heterocycles. The van der Waals surface area contributed by atoms with Gasteiger partial charge in [-0.3, -0.25) is 9.78 Å². The number of nitrogens with one attached hydrogen (secondary N) is 1. The van der Waals surface area contributed by atoms with Gasteiger partial charge in [0.1, 0.15) is 0 Å². The van der Waals surface area contributed by atoms with Crippen LogP contribution < -0.4 is 5.32 Å². The summed E-state index contributed by atoms with van der Waals surface area (Å²) in [7, 11) is 0. The molecular weight excluding hydrogens is 274 g/mol. The van der Waals surface area contributed by atoms with Gasteiger partial charge in [-0.1, -0.05) is 0 Å². The molecule has 0 saturated heterocycles. The Balaban J connectivity index is 2.54. The van der Waals surface area contributed by atoms with Gasteiger partial charge < -0.3 is 20.4 Å². The average Bonchev–Trinajstić information content (AvgIpc) is 2.42. The first-order valence-corrected chi connectivity index (χ1v) is 6.70. The largest absolute Gasteiger partial charge is 0.481 e. The summed E-state index contributed by atoms with van der Waals surface area (Å²) in [5.41, 5.74) is -0.531. The van der Waals surface area contributed by atoms with Gasteiger partial charge in [0.15, 0.2) is 0 Å². The SMILES string of the molecule is CCN(Cc1ccncc1)C(=O)NCC(C)(O)CC(=O)O. The number of rotatable bonds is 7. The molecule has 1 aromatic rings. The summed E-state index contributed by atoms with van der Waals surface area (Å²) in [5, 5.41) is 21.1. The Hall–Kier alpha value is -2.15. The summed E-state index contributed by atoms with van der Waals surface area (Å²) in [4.78, 5) is 28.1. The smallest absolute Gasteiger partial charge is 0.317 e. The van der Waals surface area contributed by atoms with E-state index < -0.39 is 18.0 Å². The highest BCUT2D eigenvalue weighted by atomic mass is 16.4. The van der Waals surface area contributed by atoms with Crippen LogP contribution in [0, 0.1) is 0 Å². The molecule has 0 fully saturated rings. The third-order valence-electron chi connectivity index (χ3n) is 2.94. The maximum Gasteiger partial charge on any atom is 0.317 e. The number of amides is 2. The highest BCUT2D eigenvalue weighted by molar-refractivity contribution is 5.74. The third-order valence-corrected chi connectivity index (χ3v) is 2.94. The molecule has 3 N–H and O–H groups in total. The Labute approximate surface area is 123 Å². The summed E-state index contributed by atoms with van der Waals surface area (Å²) in [6, 6.07) is 3.28. The molecule has 0 radical (unpaired) electrons. The van der Waals surface area contributed by atoms with Gasteiger partial charge in [-0.05, 0) is 31.5 Å². The van der Waals surface area contributed by atoms with Crippen LogP contribution in [0.2, 0.25) is 0 Å². The molecule has 1 atom stereocenters. The van der Waals surface area contributed by atoms with Crippen LogP contribution >= 0.6 is 0 Å². The molecule has 0 spiro atoms. The molecule has 21 heavy (non-hydrogen) atoms. The van der Waals surface area contributed by atoms with Crippen LogP contribution in [0.1, 0.15) is 25.8 Å². The fraction of sp³-hybridized carbons (Fsp3) is 0.500. The number of aromatic nitrogens is 1.